The summed E-state index contributed by atoms with van der Waals surface area (Å²) in [6.07, 6.45) is 3.61. The van der Waals surface area contributed by atoms with E-state index in [4.69, 9.17) is 9.40 Å². The van der Waals surface area contributed by atoms with E-state index in [0.29, 0.717) is 18.8 Å². The van der Waals surface area contributed by atoms with Crippen LogP contribution >= 0.6 is 0 Å². The molecule has 3 aromatic heterocycles. The third kappa shape index (κ3) is 3.43. The van der Waals surface area contributed by atoms with Crippen molar-refractivity contribution >= 4 is 11.6 Å². The number of imidazole rings is 1. The van der Waals surface area contributed by atoms with Crippen molar-refractivity contribution in [1.82, 2.24) is 19.2 Å². The Kier molecular flexibility index (Phi) is 4.62. The Morgan fingerprint density at radius 2 is 1.72 bits per heavy atom. The molecule has 0 atom stereocenters. The van der Waals surface area contributed by atoms with Crippen molar-refractivity contribution in [1.29, 1.82) is 0 Å². The van der Waals surface area contributed by atoms with E-state index in [1.807, 2.05) is 41.3 Å². The number of piperazine rings is 1. The lowest BCUT2D eigenvalue weighted by molar-refractivity contribution is 0.0596. The molecule has 0 saturated carbocycles. The third-order valence-corrected chi connectivity index (χ3v) is 5.44. The van der Waals surface area contributed by atoms with Gasteiger partial charge < -0.3 is 13.7 Å². The number of amides is 1. The van der Waals surface area contributed by atoms with Crippen LogP contribution in [0.25, 0.3) is 16.9 Å². The molecule has 1 fully saturated rings. The van der Waals surface area contributed by atoms with Crippen LogP contribution in [0, 0.1) is 0 Å². The zero-order valence-electron chi connectivity index (χ0n) is 16.1. The molecule has 4 heterocycles. The Morgan fingerprint density at radius 1 is 0.931 bits per heavy atom. The molecule has 1 aliphatic rings. The molecule has 6 heteroatoms. The average molecular weight is 386 g/mol. The number of pyridine rings is 1. The van der Waals surface area contributed by atoms with Crippen LogP contribution in [0.2, 0.25) is 0 Å². The Morgan fingerprint density at radius 3 is 2.48 bits per heavy atom. The highest BCUT2D eigenvalue weighted by atomic mass is 16.3. The minimum Gasteiger partial charge on any atom is -0.459 e. The van der Waals surface area contributed by atoms with Crippen LogP contribution in [0.3, 0.4) is 0 Å². The number of hydrogen-bond donors (Lipinski definition) is 0. The standard InChI is InChI=1S/C23H22N4O2/c28-23(20-9-6-16-29-20)26-14-12-25(13-15-26)17-19-22(18-7-2-1-3-8-18)24-21-10-4-5-11-27(19)21/h1-11,16H,12-15,17H2. The van der Waals surface area contributed by atoms with Crippen LogP contribution in [0.15, 0.2) is 77.5 Å². The summed E-state index contributed by atoms with van der Waals surface area (Å²) in [5.74, 6) is 0.376. The van der Waals surface area contributed by atoms with Gasteiger partial charge in [-0.3, -0.25) is 9.69 Å². The number of aromatic nitrogens is 2. The van der Waals surface area contributed by atoms with Crippen LogP contribution < -0.4 is 0 Å². The maximum absolute atomic E-state index is 12.5. The quantitative estimate of drug-likeness (QED) is 0.538. The zero-order chi connectivity index (χ0) is 19.6. The van der Waals surface area contributed by atoms with E-state index in [1.165, 1.54) is 5.69 Å². The van der Waals surface area contributed by atoms with Gasteiger partial charge in [-0.2, -0.15) is 0 Å². The highest BCUT2D eigenvalue weighted by molar-refractivity contribution is 5.91. The molecule has 1 saturated heterocycles. The number of rotatable bonds is 4. The van der Waals surface area contributed by atoms with Gasteiger partial charge in [-0.25, -0.2) is 4.98 Å². The van der Waals surface area contributed by atoms with Gasteiger partial charge in [0, 0.05) is 44.5 Å². The van der Waals surface area contributed by atoms with Gasteiger partial charge in [-0.15, -0.1) is 0 Å². The first-order valence-electron chi connectivity index (χ1n) is 9.86. The molecule has 6 nitrogen and oxygen atoms in total. The summed E-state index contributed by atoms with van der Waals surface area (Å²) in [5, 5.41) is 0. The predicted molar refractivity (Wildman–Crippen MR) is 111 cm³/mol. The zero-order valence-corrected chi connectivity index (χ0v) is 16.1. The molecule has 1 aliphatic heterocycles. The van der Waals surface area contributed by atoms with Crippen molar-refractivity contribution in [2.75, 3.05) is 26.2 Å². The fourth-order valence-corrected chi connectivity index (χ4v) is 3.90. The van der Waals surface area contributed by atoms with Crippen molar-refractivity contribution in [3.63, 3.8) is 0 Å². The van der Waals surface area contributed by atoms with Crippen molar-refractivity contribution in [2.45, 2.75) is 6.54 Å². The maximum Gasteiger partial charge on any atom is 0.289 e. The predicted octanol–water partition coefficient (Wildman–Crippen LogP) is 3.55. The average Bonchev–Trinajstić information content (AvgIpc) is 3.43. The normalized spacial score (nSPS) is 15.1. The van der Waals surface area contributed by atoms with E-state index in [0.717, 1.165) is 36.5 Å². The molecular formula is C23H22N4O2. The van der Waals surface area contributed by atoms with Crippen LogP contribution in [-0.2, 0) is 6.54 Å². The maximum atomic E-state index is 12.5. The summed E-state index contributed by atoms with van der Waals surface area (Å²) in [7, 11) is 0. The van der Waals surface area contributed by atoms with E-state index in [9.17, 15) is 4.79 Å². The molecule has 146 valence electrons. The number of carbonyl (C=O) groups is 1. The molecular weight excluding hydrogens is 364 g/mol. The van der Waals surface area contributed by atoms with Gasteiger partial charge in [0.05, 0.1) is 17.7 Å². The number of hydrogen-bond acceptors (Lipinski definition) is 4. The van der Waals surface area contributed by atoms with Gasteiger partial charge in [0.2, 0.25) is 0 Å². The third-order valence-electron chi connectivity index (χ3n) is 5.44. The molecule has 0 spiro atoms. The second kappa shape index (κ2) is 7.56. The lowest BCUT2D eigenvalue weighted by Gasteiger charge is -2.34. The van der Waals surface area contributed by atoms with E-state index in [2.05, 4.69) is 27.6 Å². The number of carbonyl (C=O) groups excluding carboxylic acids is 1. The number of benzene rings is 1. The molecule has 1 amide bonds. The Balaban J connectivity index is 1.37. The number of furan rings is 1. The summed E-state index contributed by atoms with van der Waals surface area (Å²) >= 11 is 0. The SMILES string of the molecule is O=C(c1ccco1)N1CCN(Cc2c(-c3ccccc3)nc3ccccn23)CC1. The van der Waals surface area contributed by atoms with E-state index in [-0.39, 0.29) is 5.91 Å². The summed E-state index contributed by atoms with van der Waals surface area (Å²) in [6, 6.07) is 19.9. The van der Waals surface area contributed by atoms with E-state index < -0.39 is 0 Å². The van der Waals surface area contributed by atoms with E-state index in [1.54, 1.807) is 18.4 Å². The Bertz CT molecular complexity index is 1110. The molecule has 0 bridgehead atoms. The second-order valence-corrected chi connectivity index (χ2v) is 7.25. The highest BCUT2D eigenvalue weighted by Gasteiger charge is 2.25. The Hall–Kier alpha value is -3.38. The fourth-order valence-electron chi connectivity index (χ4n) is 3.90. The highest BCUT2D eigenvalue weighted by Crippen LogP contribution is 2.26. The number of fused-ring (bicyclic) bond motifs is 1. The summed E-state index contributed by atoms with van der Waals surface area (Å²) in [5.41, 5.74) is 4.27. The summed E-state index contributed by atoms with van der Waals surface area (Å²) in [6.45, 7) is 3.81. The van der Waals surface area contributed by atoms with Crippen molar-refractivity contribution in [2.24, 2.45) is 0 Å². The van der Waals surface area contributed by atoms with Gasteiger partial charge in [0.25, 0.3) is 5.91 Å². The first-order valence-corrected chi connectivity index (χ1v) is 9.86. The largest absolute Gasteiger partial charge is 0.459 e. The van der Waals surface area contributed by atoms with Gasteiger partial charge in [0.1, 0.15) is 5.65 Å². The Labute approximate surface area is 169 Å². The van der Waals surface area contributed by atoms with E-state index >= 15 is 0 Å². The first-order chi connectivity index (χ1) is 14.3. The van der Waals surface area contributed by atoms with Gasteiger partial charge in [-0.1, -0.05) is 36.4 Å². The van der Waals surface area contributed by atoms with Crippen molar-refractivity contribution < 1.29 is 9.21 Å². The fraction of sp³-hybridized carbons (Fsp3) is 0.217. The number of nitrogens with zero attached hydrogens (tertiary/aromatic N) is 4. The van der Waals surface area contributed by atoms with Crippen LogP contribution in [0.1, 0.15) is 16.2 Å². The monoisotopic (exact) mass is 386 g/mol. The van der Waals surface area contributed by atoms with Crippen molar-refractivity contribution in [3.8, 4) is 11.3 Å². The molecule has 0 aliphatic carbocycles. The van der Waals surface area contributed by atoms with Gasteiger partial charge >= 0.3 is 0 Å². The topological polar surface area (TPSA) is 54.0 Å². The minimum absolute atomic E-state index is 0.0329. The first kappa shape index (κ1) is 17.7. The molecule has 0 radical (unpaired) electrons. The lowest BCUT2D eigenvalue weighted by atomic mass is 10.1. The summed E-state index contributed by atoms with van der Waals surface area (Å²) in [4.78, 5) is 21.6. The molecule has 0 unspecified atom stereocenters. The van der Waals surface area contributed by atoms with Crippen LogP contribution in [0.4, 0.5) is 0 Å². The van der Waals surface area contributed by atoms with Gasteiger partial charge in [-0.05, 0) is 24.3 Å². The van der Waals surface area contributed by atoms with Crippen LogP contribution in [0.5, 0.6) is 0 Å². The summed E-state index contributed by atoms with van der Waals surface area (Å²) < 4.78 is 7.43. The minimum atomic E-state index is -0.0329. The second-order valence-electron chi connectivity index (χ2n) is 7.25. The lowest BCUT2D eigenvalue weighted by Crippen LogP contribution is -2.48. The van der Waals surface area contributed by atoms with Crippen LogP contribution in [-0.4, -0.2) is 51.3 Å². The molecule has 4 aromatic rings. The van der Waals surface area contributed by atoms with Gasteiger partial charge in [0.15, 0.2) is 5.76 Å². The smallest absolute Gasteiger partial charge is 0.289 e. The molecule has 1 aromatic carbocycles. The molecule has 0 N–H and O–H groups in total. The van der Waals surface area contributed by atoms with Crippen molar-refractivity contribution in [3.05, 3.63) is 84.6 Å². The molecule has 5 rings (SSSR count). The molecule has 29 heavy (non-hydrogen) atoms.